The minimum Gasteiger partial charge on any atom is -0.496 e. The molecule has 18 heavy (non-hydrogen) atoms. The Morgan fingerprint density at radius 1 is 1.22 bits per heavy atom. The molecule has 0 saturated heterocycles. The van der Waals surface area contributed by atoms with Gasteiger partial charge in [0.05, 0.1) is 25.2 Å². The Morgan fingerprint density at radius 3 is 2.89 bits per heavy atom. The van der Waals surface area contributed by atoms with Crippen molar-refractivity contribution in [1.29, 1.82) is 0 Å². The lowest BCUT2D eigenvalue weighted by Crippen LogP contribution is -1.91. The molecule has 0 atom stereocenters. The van der Waals surface area contributed by atoms with Gasteiger partial charge in [0.2, 0.25) is 0 Å². The minimum atomic E-state index is 0.848. The molecule has 0 fully saturated rings. The van der Waals surface area contributed by atoms with Crippen molar-refractivity contribution in [3.63, 3.8) is 0 Å². The standard InChI is InChI=1S/C14H13N3O/c1-10-7-11(3-4-13(10)18-2)12-8-16-14-9-15-5-6-17(12)14/h3-9H,1-2H3. The molecule has 0 spiro atoms. The highest BCUT2D eigenvalue weighted by Crippen LogP contribution is 2.26. The lowest BCUT2D eigenvalue weighted by molar-refractivity contribution is 0.412. The summed E-state index contributed by atoms with van der Waals surface area (Å²) < 4.78 is 7.29. The molecule has 0 amide bonds. The second kappa shape index (κ2) is 4.14. The number of ether oxygens (including phenoxy) is 1. The Hall–Kier alpha value is -2.36. The number of nitrogens with zero attached hydrogens (tertiary/aromatic N) is 3. The monoisotopic (exact) mass is 239 g/mol. The summed E-state index contributed by atoms with van der Waals surface area (Å²) in [6.45, 7) is 2.03. The Kier molecular flexibility index (Phi) is 2.48. The minimum absolute atomic E-state index is 0.848. The van der Waals surface area contributed by atoms with Gasteiger partial charge in [0.15, 0.2) is 5.65 Å². The summed E-state index contributed by atoms with van der Waals surface area (Å²) in [5.41, 5.74) is 4.13. The Labute approximate surface area is 105 Å². The second-order valence-electron chi connectivity index (χ2n) is 4.13. The van der Waals surface area contributed by atoms with Crippen molar-refractivity contribution in [3.8, 4) is 17.0 Å². The molecule has 0 aliphatic carbocycles. The summed E-state index contributed by atoms with van der Waals surface area (Å²) >= 11 is 0. The Balaban J connectivity index is 2.17. The van der Waals surface area contributed by atoms with Crippen LogP contribution in [0.25, 0.3) is 16.9 Å². The van der Waals surface area contributed by atoms with Crippen LogP contribution in [0.5, 0.6) is 5.75 Å². The van der Waals surface area contributed by atoms with E-state index in [9.17, 15) is 0 Å². The third-order valence-corrected chi connectivity index (χ3v) is 3.01. The summed E-state index contributed by atoms with van der Waals surface area (Å²) in [5.74, 6) is 0.897. The zero-order valence-corrected chi connectivity index (χ0v) is 10.3. The maximum absolute atomic E-state index is 5.27. The predicted octanol–water partition coefficient (Wildman–Crippen LogP) is 2.71. The largest absolute Gasteiger partial charge is 0.496 e. The quantitative estimate of drug-likeness (QED) is 0.690. The van der Waals surface area contributed by atoms with Crippen LogP contribution < -0.4 is 4.74 Å². The number of benzene rings is 1. The van der Waals surface area contributed by atoms with Crippen molar-refractivity contribution in [3.05, 3.63) is 48.5 Å². The van der Waals surface area contributed by atoms with Crippen LogP contribution in [0, 0.1) is 6.92 Å². The number of aryl methyl sites for hydroxylation is 1. The molecule has 0 bridgehead atoms. The maximum atomic E-state index is 5.27. The number of imidazole rings is 1. The first kappa shape index (κ1) is 10.8. The van der Waals surface area contributed by atoms with E-state index in [1.54, 1.807) is 19.5 Å². The maximum Gasteiger partial charge on any atom is 0.155 e. The molecule has 3 aromatic rings. The Bertz CT molecular complexity index is 703. The fourth-order valence-electron chi connectivity index (χ4n) is 2.09. The van der Waals surface area contributed by atoms with Crippen molar-refractivity contribution in [2.45, 2.75) is 6.92 Å². The number of methoxy groups -OCH3 is 1. The van der Waals surface area contributed by atoms with E-state index in [0.29, 0.717) is 0 Å². The fourth-order valence-corrected chi connectivity index (χ4v) is 2.09. The van der Waals surface area contributed by atoms with E-state index in [-0.39, 0.29) is 0 Å². The van der Waals surface area contributed by atoms with Crippen molar-refractivity contribution in [1.82, 2.24) is 14.4 Å². The van der Waals surface area contributed by atoms with Crippen molar-refractivity contribution >= 4 is 5.65 Å². The third-order valence-electron chi connectivity index (χ3n) is 3.01. The van der Waals surface area contributed by atoms with Gasteiger partial charge in [-0.3, -0.25) is 9.38 Å². The van der Waals surface area contributed by atoms with Crippen LogP contribution in [0.2, 0.25) is 0 Å². The molecule has 3 rings (SSSR count). The Morgan fingerprint density at radius 2 is 2.11 bits per heavy atom. The number of rotatable bonds is 2. The second-order valence-corrected chi connectivity index (χ2v) is 4.13. The molecular weight excluding hydrogens is 226 g/mol. The normalized spacial score (nSPS) is 10.8. The number of aromatic nitrogens is 3. The lowest BCUT2D eigenvalue weighted by Gasteiger charge is -2.07. The number of hydrogen-bond acceptors (Lipinski definition) is 3. The summed E-state index contributed by atoms with van der Waals surface area (Å²) in [7, 11) is 1.68. The summed E-state index contributed by atoms with van der Waals surface area (Å²) in [6, 6.07) is 6.11. The first-order valence-electron chi connectivity index (χ1n) is 5.71. The molecular formula is C14H13N3O. The molecule has 0 unspecified atom stereocenters. The first-order valence-corrected chi connectivity index (χ1v) is 5.71. The van der Waals surface area contributed by atoms with Crippen LogP contribution in [-0.2, 0) is 0 Å². The van der Waals surface area contributed by atoms with Gasteiger partial charge in [0.25, 0.3) is 0 Å². The van der Waals surface area contributed by atoms with Crippen molar-refractivity contribution in [2.24, 2.45) is 0 Å². The molecule has 2 heterocycles. The van der Waals surface area contributed by atoms with Gasteiger partial charge < -0.3 is 4.74 Å². The molecule has 0 radical (unpaired) electrons. The van der Waals surface area contributed by atoms with Crippen LogP contribution in [0.1, 0.15) is 5.56 Å². The fraction of sp³-hybridized carbons (Fsp3) is 0.143. The average molecular weight is 239 g/mol. The molecule has 0 aliphatic heterocycles. The van der Waals surface area contributed by atoms with Gasteiger partial charge in [-0.15, -0.1) is 0 Å². The molecule has 1 aromatic carbocycles. The van der Waals surface area contributed by atoms with Crippen molar-refractivity contribution < 1.29 is 4.74 Å². The highest BCUT2D eigenvalue weighted by Gasteiger charge is 2.07. The van der Waals surface area contributed by atoms with Gasteiger partial charge in [0.1, 0.15) is 5.75 Å². The molecule has 0 saturated carbocycles. The van der Waals surface area contributed by atoms with E-state index in [1.165, 1.54) is 0 Å². The van der Waals surface area contributed by atoms with E-state index in [2.05, 4.69) is 16.0 Å². The molecule has 0 aliphatic rings. The highest BCUT2D eigenvalue weighted by atomic mass is 16.5. The van der Waals surface area contributed by atoms with Crippen LogP contribution >= 0.6 is 0 Å². The van der Waals surface area contributed by atoms with E-state index in [0.717, 1.165) is 28.2 Å². The third kappa shape index (κ3) is 1.62. The molecule has 4 heteroatoms. The van der Waals surface area contributed by atoms with E-state index in [1.807, 2.05) is 35.9 Å². The summed E-state index contributed by atoms with van der Waals surface area (Å²) in [5, 5.41) is 0. The summed E-state index contributed by atoms with van der Waals surface area (Å²) in [6.07, 6.45) is 7.28. The van der Waals surface area contributed by atoms with Crippen molar-refractivity contribution in [2.75, 3.05) is 7.11 Å². The molecule has 4 nitrogen and oxygen atoms in total. The van der Waals surface area contributed by atoms with Crippen LogP contribution in [0.4, 0.5) is 0 Å². The average Bonchev–Trinajstić information content (AvgIpc) is 2.82. The van der Waals surface area contributed by atoms with Gasteiger partial charge in [-0.1, -0.05) is 0 Å². The van der Waals surface area contributed by atoms with Crippen LogP contribution in [-0.4, -0.2) is 21.5 Å². The highest BCUT2D eigenvalue weighted by molar-refractivity contribution is 5.65. The molecule has 90 valence electrons. The van der Waals surface area contributed by atoms with Gasteiger partial charge >= 0.3 is 0 Å². The van der Waals surface area contributed by atoms with Gasteiger partial charge in [-0.05, 0) is 30.7 Å². The molecule has 2 aromatic heterocycles. The van der Waals surface area contributed by atoms with E-state index >= 15 is 0 Å². The number of hydrogen-bond donors (Lipinski definition) is 0. The SMILES string of the molecule is COc1ccc(-c2cnc3cnccn23)cc1C. The topological polar surface area (TPSA) is 39.4 Å². The summed E-state index contributed by atoms with van der Waals surface area (Å²) in [4.78, 5) is 8.40. The molecule has 0 N–H and O–H groups in total. The van der Waals surface area contributed by atoms with Crippen LogP contribution in [0.15, 0.2) is 43.0 Å². The smallest absolute Gasteiger partial charge is 0.155 e. The first-order chi connectivity index (χ1) is 8.79. The number of fused-ring (bicyclic) bond motifs is 1. The zero-order chi connectivity index (χ0) is 12.5. The predicted molar refractivity (Wildman–Crippen MR) is 69.7 cm³/mol. The van der Waals surface area contributed by atoms with E-state index in [4.69, 9.17) is 4.74 Å². The zero-order valence-electron chi connectivity index (χ0n) is 10.3. The lowest BCUT2D eigenvalue weighted by atomic mass is 10.1. The van der Waals surface area contributed by atoms with Crippen LogP contribution in [0.3, 0.4) is 0 Å². The van der Waals surface area contributed by atoms with Gasteiger partial charge in [0, 0.05) is 18.0 Å². The van der Waals surface area contributed by atoms with Gasteiger partial charge in [-0.2, -0.15) is 0 Å². The van der Waals surface area contributed by atoms with Gasteiger partial charge in [-0.25, -0.2) is 4.98 Å². The van der Waals surface area contributed by atoms with E-state index < -0.39 is 0 Å².